The largest absolute Gasteiger partial charge is 0.444 e. The van der Waals surface area contributed by atoms with Gasteiger partial charge in [0.2, 0.25) is 0 Å². The lowest BCUT2D eigenvalue weighted by Gasteiger charge is -2.41. The Morgan fingerprint density at radius 2 is 1.75 bits per heavy atom. The number of aryl methyl sites for hydroxylation is 1. The Hall–Kier alpha value is -3.46. The van der Waals surface area contributed by atoms with E-state index in [1.54, 1.807) is 30.2 Å². The molecule has 2 aromatic carbocycles. The first-order valence-corrected chi connectivity index (χ1v) is 15.9. The molecule has 44 heavy (non-hydrogen) atoms. The van der Waals surface area contributed by atoms with Gasteiger partial charge in [-0.25, -0.2) is 9.18 Å². The molecule has 9 heteroatoms. The molecule has 0 aromatic heterocycles. The lowest BCUT2D eigenvalue weighted by molar-refractivity contribution is 0.00752. The molecule has 1 aliphatic carbocycles. The van der Waals surface area contributed by atoms with Crippen molar-refractivity contribution in [1.82, 2.24) is 15.1 Å². The minimum atomic E-state index is -0.598. The van der Waals surface area contributed by atoms with E-state index in [1.807, 2.05) is 45.6 Å². The third kappa shape index (κ3) is 8.80. The topological polar surface area (TPSA) is 88.2 Å². The van der Waals surface area contributed by atoms with Gasteiger partial charge < -0.3 is 24.6 Å². The van der Waals surface area contributed by atoms with Crippen LogP contribution in [0.1, 0.15) is 99.4 Å². The van der Waals surface area contributed by atoms with Gasteiger partial charge in [-0.2, -0.15) is 0 Å². The Morgan fingerprint density at radius 3 is 2.41 bits per heavy atom. The molecule has 8 nitrogen and oxygen atoms in total. The second-order valence-electron chi connectivity index (χ2n) is 13.3. The highest BCUT2D eigenvalue weighted by atomic mass is 19.1. The van der Waals surface area contributed by atoms with Crippen molar-refractivity contribution in [3.8, 4) is 11.1 Å². The number of hydrogen-bond acceptors (Lipinski definition) is 5. The van der Waals surface area contributed by atoms with Crippen LogP contribution in [0.4, 0.5) is 9.18 Å². The number of ether oxygens (including phenoxy) is 2. The molecule has 3 amide bonds. The van der Waals surface area contributed by atoms with Gasteiger partial charge in [-0.1, -0.05) is 6.07 Å². The third-order valence-electron chi connectivity index (χ3n) is 8.06. The number of benzene rings is 2. The number of likely N-dealkylation sites (tertiary alicyclic amines) is 1. The smallest absolute Gasteiger partial charge is 0.410 e. The van der Waals surface area contributed by atoms with Crippen molar-refractivity contribution in [2.75, 3.05) is 26.8 Å². The number of halogens is 1. The molecule has 2 aliphatic rings. The molecule has 0 radical (unpaired) electrons. The predicted octanol–water partition coefficient (Wildman–Crippen LogP) is 6.60. The zero-order valence-corrected chi connectivity index (χ0v) is 27.1. The fourth-order valence-electron chi connectivity index (χ4n) is 5.77. The molecule has 1 aliphatic heterocycles. The lowest BCUT2D eigenvalue weighted by atomic mass is 9.92. The third-order valence-corrected chi connectivity index (χ3v) is 8.06. The van der Waals surface area contributed by atoms with E-state index in [0.717, 1.165) is 44.1 Å². The summed E-state index contributed by atoms with van der Waals surface area (Å²) in [6.45, 7) is 11.1. The van der Waals surface area contributed by atoms with Gasteiger partial charge in [0.25, 0.3) is 11.8 Å². The Bertz CT molecular complexity index is 1330. The molecule has 1 saturated carbocycles. The quantitative estimate of drug-likeness (QED) is 0.290. The number of amides is 3. The minimum Gasteiger partial charge on any atom is -0.444 e. The van der Waals surface area contributed by atoms with E-state index < -0.39 is 11.4 Å². The van der Waals surface area contributed by atoms with Crippen LogP contribution in [0.15, 0.2) is 36.4 Å². The summed E-state index contributed by atoms with van der Waals surface area (Å²) in [5.74, 6) is -0.750. The maximum absolute atomic E-state index is 15.3. The number of nitrogens with zero attached hydrogens (tertiary/aromatic N) is 2. The van der Waals surface area contributed by atoms with Gasteiger partial charge in [0.05, 0.1) is 6.04 Å². The van der Waals surface area contributed by atoms with Gasteiger partial charge in [-0.05, 0) is 121 Å². The molecule has 4 rings (SSSR count). The predicted molar refractivity (Wildman–Crippen MR) is 169 cm³/mol. The standard InChI is InChI=1S/C35H48FN3O5/c1-23(2)39(28-11-9-18-38(22-28)34(42)44-35(3,4)5)33(41)26-12-16-29(24(20-26)10-7-8-19-43-6)30-21-25(13-17-31(30)36)32(40)37-27-14-15-27/h12-13,16-17,20-21,23,27-28H,7-11,14-15,18-19,22H2,1-6H3,(H,37,40). The highest BCUT2D eigenvalue weighted by Crippen LogP contribution is 2.31. The maximum Gasteiger partial charge on any atom is 0.410 e. The zero-order valence-electron chi connectivity index (χ0n) is 27.1. The maximum atomic E-state index is 15.3. The Kier molecular flexibility index (Phi) is 11.1. The lowest BCUT2D eigenvalue weighted by Crippen LogP contribution is -2.54. The number of rotatable bonds is 11. The normalized spacial score (nSPS) is 17.0. The van der Waals surface area contributed by atoms with Crippen LogP contribution in [0.5, 0.6) is 0 Å². The van der Waals surface area contributed by atoms with Crippen LogP contribution >= 0.6 is 0 Å². The van der Waals surface area contributed by atoms with Gasteiger partial charge in [-0.15, -0.1) is 0 Å². The number of methoxy groups -OCH3 is 1. The minimum absolute atomic E-state index is 0.102. The van der Waals surface area contributed by atoms with Crippen molar-refractivity contribution in [2.24, 2.45) is 0 Å². The summed E-state index contributed by atoms with van der Waals surface area (Å²) < 4.78 is 26.1. The average Bonchev–Trinajstić information content (AvgIpc) is 3.79. The van der Waals surface area contributed by atoms with E-state index in [4.69, 9.17) is 9.47 Å². The van der Waals surface area contributed by atoms with Crippen molar-refractivity contribution in [2.45, 2.75) is 103 Å². The molecular weight excluding hydrogens is 561 g/mol. The van der Waals surface area contributed by atoms with E-state index in [-0.39, 0.29) is 36.0 Å². The van der Waals surface area contributed by atoms with E-state index in [0.29, 0.717) is 48.4 Å². The number of hydrogen-bond donors (Lipinski definition) is 1. The molecule has 2 aromatic rings. The Morgan fingerprint density at radius 1 is 1.02 bits per heavy atom. The summed E-state index contributed by atoms with van der Waals surface area (Å²) in [4.78, 5) is 43.3. The van der Waals surface area contributed by atoms with Crippen LogP contribution < -0.4 is 5.32 Å². The number of carbonyl (C=O) groups is 3. The summed E-state index contributed by atoms with van der Waals surface area (Å²) in [5.41, 5.74) is 2.18. The van der Waals surface area contributed by atoms with Crippen molar-refractivity contribution >= 4 is 17.9 Å². The van der Waals surface area contributed by atoms with Crippen LogP contribution in [0.2, 0.25) is 0 Å². The molecule has 0 bridgehead atoms. The van der Waals surface area contributed by atoms with E-state index in [1.165, 1.54) is 12.1 Å². The van der Waals surface area contributed by atoms with E-state index in [2.05, 4.69) is 5.32 Å². The fourth-order valence-corrected chi connectivity index (χ4v) is 5.77. The summed E-state index contributed by atoms with van der Waals surface area (Å²) in [7, 11) is 1.66. The molecule has 1 saturated heterocycles. The van der Waals surface area contributed by atoms with Gasteiger partial charge in [0.1, 0.15) is 11.4 Å². The van der Waals surface area contributed by atoms with Gasteiger partial charge in [-0.3, -0.25) is 9.59 Å². The molecule has 0 spiro atoms. The number of unbranched alkanes of at least 4 members (excludes halogenated alkanes) is 1. The summed E-state index contributed by atoms with van der Waals surface area (Å²) in [5, 5.41) is 2.97. The summed E-state index contributed by atoms with van der Waals surface area (Å²) in [6, 6.07) is 9.80. The molecule has 2 fully saturated rings. The van der Waals surface area contributed by atoms with Crippen LogP contribution in [0.25, 0.3) is 11.1 Å². The summed E-state index contributed by atoms with van der Waals surface area (Å²) in [6.07, 6.45) is 5.36. The molecule has 1 unspecified atom stereocenters. The first-order valence-electron chi connectivity index (χ1n) is 15.9. The number of nitrogens with one attached hydrogen (secondary N) is 1. The van der Waals surface area contributed by atoms with E-state index >= 15 is 4.39 Å². The van der Waals surface area contributed by atoms with Gasteiger partial charge >= 0.3 is 6.09 Å². The van der Waals surface area contributed by atoms with Crippen LogP contribution in [-0.2, 0) is 15.9 Å². The second kappa shape index (κ2) is 14.5. The number of piperidine rings is 1. The van der Waals surface area contributed by atoms with Crippen molar-refractivity contribution < 1.29 is 28.2 Å². The highest BCUT2D eigenvalue weighted by molar-refractivity contribution is 5.97. The second-order valence-corrected chi connectivity index (χ2v) is 13.3. The van der Waals surface area contributed by atoms with Crippen LogP contribution in [0, 0.1) is 5.82 Å². The highest BCUT2D eigenvalue weighted by Gasteiger charge is 2.34. The molecule has 1 N–H and O–H groups in total. The van der Waals surface area contributed by atoms with Gasteiger partial charge in [0.15, 0.2) is 0 Å². The van der Waals surface area contributed by atoms with Crippen LogP contribution in [0.3, 0.4) is 0 Å². The molecule has 1 heterocycles. The van der Waals surface area contributed by atoms with Crippen LogP contribution in [-0.4, -0.2) is 78.2 Å². The van der Waals surface area contributed by atoms with E-state index in [9.17, 15) is 14.4 Å². The van der Waals surface area contributed by atoms with Crippen molar-refractivity contribution in [3.05, 3.63) is 58.9 Å². The fraction of sp³-hybridized carbons (Fsp3) is 0.571. The Labute approximate surface area is 261 Å². The zero-order chi connectivity index (χ0) is 32.0. The Balaban J connectivity index is 1.63. The first kappa shape index (κ1) is 33.4. The molecule has 240 valence electrons. The number of carbonyl (C=O) groups excluding carboxylic acids is 3. The SMILES string of the molecule is COCCCCc1cc(C(=O)N(C(C)C)C2CCCN(C(=O)OC(C)(C)C)C2)ccc1-c1cc(C(=O)NC2CC2)ccc1F. The monoisotopic (exact) mass is 609 g/mol. The summed E-state index contributed by atoms with van der Waals surface area (Å²) >= 11 is 0. The molecule has 1 atom stereocenters. The average molecular weight is 610 g/mol. The van der Waals surface area contributed by atoms with Gasteiger partial charge in [0, 0.05) is 55.6 Å². The first-order chi connectivity index (χ1) is 20.9. The molecular formula is C35H48FN3O5. The van der Waals surface area contributed by atoms with Crippen molar-refractivity contribution in [1.29, 1.82) is 0 Å². The van der Waals surface area contributed by atoms with Crippen molar-refractivity contribution in [3.63, 3.8) is 0 Å².